The minimum atomic E-state index is 0.498. The molecule has 0 atom stereocenters. The van der Waals surface area contributed by atoms with E-state index in [4.69, 9.17) is 50.1 Å². The van der Waals surface area contributed by atoms with Crippen LogP contribution in [0.25, 0.3) is 0 Å². The molecule has 1 heterocycles. The summed E-state index contributed by atoms with van der Waals surface area (Å²) in [6.45, 7) is 4.52. The first-order valence-corrected chi connectivity index (χ1v) is 11.1. The average molecular weight is 493 g/mol. The number of benzene rings is 2. The summed E-state index contributed by atoms with van der Waals surface area (Å²) in [5.74, 6) is 7.68. The zero-order valence-corrected chi connectivity index (χ0v) is 20.4. The highest BCUT2D eigenvalue weighted by atomic mass is 35.5. The number of thiocarbonyl (C=S) groups is 1. The lowest BCUT2D eigenvalue weighted by Crippen LogP contribution is -2.51. The first-order valence-electron chi connectivity index (χ1n) is 10.3. The number of allylic oxidation sites excluding steroid dienone is 1. The van der Waals surface area contributed by atoms with Gasteiger partial charge >= 0.3 is 0 Å². The van der Waals surface area contributed by atoms with E-state index in [2.05, 4.69) is 15.3 Å². The van der Waals surface area contributed by atoms with Crippen LogP contribution >= 0.6 is 23.8 Å². The molecule has 2 aromatic rings. The monoisotopic (exact) mass is 492 g/mol. The molecule has 6 N–H and O–H groups in total. The van der Waals surface area contributed by atoms with E-state index in [0.717, 1.165) is 5.69 Å². The van der Waals surface area contributed by atoms with Crippen molar-refractivity contribution in [2.45, 2.75) is 6.92 Å². The van der Waals surface area contributed by atoms with Crippen molar-refractivity contribution >= 4 is 45.9 Å². The minimum Gasteiger partial charge on any atom is -0.497 e. The zero-order valence-electron chi connectivity index (χ0n) is 18.8. The van der Waals surface area contributed by atoms with Crippen molar-refractivity contribution < 1.29 is 14.7 Å². The van der Waals surface area contributed by atoms with Crippen molar-refractivity contribution in [1.29, 1.82) is 0 Å². The van der Waals surface area contributed by atoms with Crippen molar-refractivity contribution in [3.63, 3.8) is 0 Å². The van der Waals surface area contributed by atoms with Crippen molar-refractivity contribution in [3.8, 4) is 11.5 Å². The van der Waals surface area contributed by atoms with Crippen molar-refractivity contribution in [2.75, 3.05) is 55.8 Å². The number of hydrazine groups is 1. The second kappa shape index (κ2) is 10.8. The van der Waals surface area contributed by atoms with Gasteiger partial charge < -0.3 is 25.0 Å². The predicted molar refractivity (Wildman–Crippen MR) is 136 cm³/mol. The van der Waals surface area contributed by atoms with E-state index in [1.165, 1.54) is 5.01 Å². The predicted octanol–water partition coefficient (Wildman–Crippen LogP) is 3.18. The molecular weight excluding hydrogens is 464 g/mol. The minimum absolute atomic E-state index is 0.498. The summed E-state index contributed by atoms with van der Waals surface area (Å²) < 4.78 is 10.8. The highest BCUT2D eigenvalue weighted by Crippen LogP contribution is 2.34. The van der Waals surface area contributed by atoms with Crippen LogP contribution in [0.3, 0.4) is 0 Å². The number of ether oxygens (including phenoxy) is 2. The molecule has 0 bridgehead atoms. The highest BCUT2D eigenvalue weighted by Gasteiger charge is 2.26. The fraction of sp³-hybridized carbons (Fsp3) is 0.318. The van der Waals surface area contributed by atoms with Crippen LogP contribution < -0.4 is 36.4 Å². The molecule has 11 heteroatoms. The summed E-state index contributed by atoms with van der Waals surface area (Å²) in [6.07, 6.45) is 0. The Labute approximate surface area is 204 Å². The summed E-state index contributed by atoms with van der Waals surface area (Å²) in [5.41, 5.74) is 11.4. The van der Waals surface area contributed by atoms with E-state index in [9.17, 15) is 0 Å². The Morgan fingerprint density at radius 3 is 2.36 bits per heavy atom. The van der Waals surface area contributed by atoms with Crippen LogP contribution in [-0.4, -0.2) is 55.5 Å². The molecule has 0 spiro atoms. The lowest BCUT2D eigenvalue weighted by molar-refractivity contribution is 0.388. The van der Waals surface area contributed by atoms with Gasteiger partial charge in [-0.25, -0.2) is 5.84 Å². The molecule has 0 amide bonds. The smallest absolute Gasteiger partial charge is 0.147 e. The molecule has 33 heavy (non-hydrogen) atoms. The summed E-state index contributed by atoms with van der Waals surface area (Å²) in [4.78, 5) is 4.81. The molecule has 0 saturated carbocycles. The number of rotatable bonds is 7. The maximum absolute atomic E-state index is 9.06. The zero-order chi connectivity index (χ0) is 24.1. The maximum Gasteiger partial charge on any atom is 0.147 e. The Balaban J connectivity index is 1.76. The number of hydrogen-bond acceptors (Lipinski definition) is 9. The second-order valence-corrected chi connectivity index (χ2v) is 8.29. The average Bonchev–Trinajstić information content (AvgIpc) is 2.83. The first kappa shape index (κ1) is 24.7. The lowest BCUT2D eigenvalue weighted by atomic mass is 10.2. The van der Waals surface area contributed by atoms with Crippen LogP contribution in [0, 0.1) is 0 Å². The number of nitrogens with two attached hydrogens (primary N) is 2. The number of methoxy groups -OCH3 is 2. The van der Waals surface area contributed by atoms with Gasteiger partial charge in [-0.2, -0.15) is 0 Å². The Hall–Kier alpha value is -2.92. The van der Waals surface area contributed by atoms with Crippen LogP contribution in [0.2, 0.25) is 5.02 Å². The summed E-state index contributed by atoms with van der Waals surface area (Å²) in [5, 5.41) is 11.1. The number of halogens is 1. The van der Waals surface area contributed by atoms with E-state index >= 15 is 0 Å². The fourth-order valence-electron chi connectivity index (χ4n) is 3.70. The van der Waals surface area contributed by atoms with Crippen molar-refractivity contribution in [1.82, 2.24) is 4.90 Å². The van der Waals surface area contributed by atoms with Gasteiger partial charge in [-0.3, -0.25) is 15.7 Å². The van der Waals surface area contributed by atoms with Crippen LogP contribution in [0.5, 0.6) is 11.5 Å². The lowest BCUT2D eigenvalue weighted by Gasteiger charge is -2.39. The van der Waals surface area contributed by atoms with Gasteiger partial charge in [0.25, 0.3) is 0 Å². The molecule has 0 unspecified atom stereocenters. The normalized spacial score (nSPS) is 14.5. The van der Waals surface area contributed by atoms with Gasteiger partial charge in [0.15, 0.2) is 0 Å². The maximum atomic E-state index is 9.06. The standard InChI is InChI=1S/C22H29ClN6O3S/c1-14(24)21(29(25)19-7-5-16(31-2)13-20(19)32-3)22(33)28-10-8-27(9-11-28)18-6-4-15(26-30)12-17(18)23/h4-7,12-13,26,30H,8-11,24-25H2,1-3H3/b21-14-. The van der Waals surface area contributed by atoms with Crippen LogP contribution in [0.4, 0.5) is 17.1 Å². The Morgan fingerprint density at radius 2 is 1.82 bits per heavy atom. The summed E-state index contributed by atoms with van der Waals surface area (Å²) in [7, 11) is 3.15. The largest absolute Gasteiger partial charge is 0.497 e. The molecule has 0 aromatic heterocycles. The number of nitrogens with zero attached hydrogens (tertiary/aromatic N) is 3. The summed E-state index contributed by atoms with van der Waals surface area (Å²) >= 11 is 12.2. The second-order valence-electron chi connectivity index (χ2n) is 7.50. The Morgan fingerprint density at radius 1 is 1.12 bits per heavy atom. The molecule has 1 fully saturated rings. The fourth-order valence-corrected chi connectivity index (χ4v) is 4.44. The van der Waals surface area contributed by atoms with Crippen molar-refractivity contribution in [2.24, 2.45) is 11.6 Å². The van der Waals surface area contributed by atoms with Crippen LogP contribution in [0.1, 0.15) is 6.92 Å². The number of hydrogen-bond donors (Lipinski definition) is 4. The molecule has 0 aliphatic carbocycles. The quantitative estimate of drug-likeness (QED) is 0.199. The SMILES string of the molecule is COc1ccc(N(N)/C(C(=S)N2CCN(c3ccc(NO)cc3Cl)CC2)=C(/C)N)c(OC)c1. The third-order valence-electron chi connectivity index (χ3n) is 5.45. The van der Waals surface area contributed by atoms with Gasteiger partial charge in [-0.05, 0) is 37.3 Å². The molecule has 0 radical (unpaired) electrons. The van der Waals surface area contributed by atoms with E-state index in [1.807, 2.05) is 6.07 Å². The summed E-state index contributed by atoms with van der Waals surface area (Å²) in [6, 6.07) is 10.7. The van der Waals surface area contributed by atoms with Gasteiger partial charge in [-0.1, -0.05) is 23.8 Å². The van der Waals surface area contributed by atoms with Crippen molar-refractivity contribution in [3.05, 3.63) is 52.8 Å². The van der Waals surface area contributed by atoms with E-state index in [1.54, 1.807) is 51.5 Å². The topological polar surface area (TPSA) is 112 Å². The Kier molecular flexibility index (Phi) is 8.09. The molecular formula is C22H29ClN6O3S. The molecule has 3 rings (SSSR count). The molecule has 1 aliphatic heterocycles. The molecule has 178 valence electrons. The first-order chi connectivity index (χ1) is 15.8. The molecule has 1 saturated heterocycles. The number of nitrogens with one attached hydrogen (secondary N) is 1. The highest BCUT2D eigenvalue weighted by molar-refractivity contribution is 7.80. The van der Waals surface area contributed by atoms with Gasteiger partial charge in [0, 0.05) is 37.9 Å². The van der Waals surface area contributed by atoms with Crippen LogP contribution in [-0.2, 0) is 0 Å². The van der Waals surface area contributed by atoms with E-state index in [0.29, 0.717) is 70.5 Å². The van der Waals surface area contributed by atoms with Gasteiger partial charge in [0.05, 0.1) is 36.3 Å². The van der Waals surface area contributed by atoms with Gasteiger partial charge in [-0.15, -0.1) is 0 Å². The number of piperazine rings is 1. The third-order valence-corrected chi connectivity index (χ3v) is 6.20. The molecule has 2 aromatic carbocycles. The van der Waals surface area contributed by atoms with Gasteiger partial charge in [0.1, 0.15) is 22.2 Å². The number of anilines is 3. The van der Waals surface area contributed by atoms with Gasteiger partial charge in [0.2, 0.25) is 0 Å². The molecule has 1 aliphatic rings. The van der Waals surface area contributed by atoms with Crippen LogP contribution in [0.15, 0.2) is 47.8 Å². The third kappa shape index (κ3) is 5.36. The Bertz CT molecular complexity index is 1040. The van der Waals surface area contributed by atoms with E-state index in [-0.39, 0.29) is 0 Å². The molecule has 9 nitrogen and oxygen atoms in total. The van der Waals surface area contributed by atoms with E-state index < -0.39 is 0 Å².